The van der Waals surface area contributed by atoms with Gasteiger partial charge >= 0.3 is 5.97 Å². The van der Waals surface area contributed by atoms with E-state index in [0.29, 0.717) is 32.7 Å². The lowest BCUT2D eigenvalue weighted by atomic mass is 9.94. The summed E-state index contributed by atoms with van der Waals surface area (Å²) in [7, 11) is 0. The van der Waals surface area contributed by atoms with Crippen LogP contribution in [0.2, 0.25) is 0 Å². The number of ether oxygens (including phenoxy) is 2. The minimum Gasteiger partial charge on any atom is -0.481 e. The molecule has 0 bridgehead atoms. The van der Waals surface area contributed by atoms with Crippen molar-refractivity contribution >= 4 is 17.3 Å². The summed E-state index contributed by atoms with van der Waals surface area (Å²) < 4.78 is 12.0. The first-order valence-corrected chi connectivity index (χ1v) is 13.1. The van der Waals surface area contributed by atoms with Gasteiger partial charge in [0, 0.05) is 42.8 Å². The third-order valence-corrected chi connectivity index (χ3v) is 7.70. The van der Waals surface area contributed by atoms with E-state index in [2.05, 4.69) is 52.8 Å². The van der Waals surface area contributed by atoms with Gasteiger partial charge in [0.1, 0.15) is 0 Å². The number of thiophene rings is 1. The molecule has 6 nitrogen and oxygen atoms in total. The number of allylic oxidation sites excluding steroid dienone is 2. The van der Waals surface area contributed by atoms with Crippen LogP contribution in [0.25, 0.3) is 11.1 Å². The van der Waals surface area contributed by atoms with Gasteiger partial charge < -0.3 is 19.7 Å². The van der Waals surface area contributed by atoms with Gasteiger partial charge in [-0.05, 0) is 41.8 Å². The van der Waals surface area contributed by atoms with Gasteiger partial charge in [0.25, 0.3) is 0 Å². The van der Waals surface area contributed by atoms with Crippen LogP contribution < -0.4 is 0 Å². The molecule has 2 aliphatic rings. The van der Waals surface area contributed by atoms with Crippen molar-refractivity contribution in [3.05, 3.63) is 58.8 Å². The minimum atomic E-state index is -0.753. The fraction of sp³-hybridized carbons (Fsp3) is 0.519. The SMILES string of the molecule is O=C(O)CCCC=CCC1C(OCc2cc(-c3ccccc3)cs2)CC(O)C1N1CCOCC1. The fourth-order valence-electron chi connectivity index (χ4n) is 5.10. The van der Waals surface area contributed by atoms with E-state index in [1.807, 2.05) is 6.07 Å². The molecular weight excluding hydrogens is 450 g/mol. The molecule has 0 amide bonds. The van der Waals surface area contributed by atoms with Crippen LogP contribution in [0.1, 0.15) is 37.0 Å². The number of carboxylic acid groups (broad SMARTS) is 1. The van der Waals surface area contributed by atoms with Gasteiger partial charge in [0.2, 0.25) is 0 Å². The van der Waals surface area contributed by atoms with E-state index in [1.165, 1.54) is 16.0 Å². The molecule has 1 aliphatic carbocycles. The normalized spacial score (nSPS) is 25.8. The van der Waals surface area contributed by atoms with Crippen LogP contribution in [-0.2, 0) is 20.9 Å². The Kier molecular flexibility index (Phi) is 9.30. The maximum Gasteiger partial charge on any atom is 0.303 e. The van der Waals surface area contributed by atoms with Crippen LogP contribution >= 0.6 is 11.3 Å². The third kappa shape index (κ3) is 6.77. The van der Waals surface area contributed by atoms with Crippen molar-refractivity contribution in [3.63, 3.8) is 0 Å². The molecule has 4 atom stereocenters. The van der Waals surface area contributed by atoms with Crippen molar-refractivity contribution < 1.29 is 24.5 Å². The zero-order valence-corrected chi connectivity index (χ0v) is 20.4. The number of aliphatic hydroxyl groups is 1. The molecule has 184 valence electrons. The van der Waals surface area contributed by atoms with Crippen molar-refractivity contribution in [1.82, 2.24) is 4.90 Å². The van der Waals surface area contributed by atoms with E-state index in [0.717, 1.165) is 25.9 Å². The van der Waals surface area contributed by atoms with Crippen molar-refractivity contribution in [3.8, 4) is 11.1 Å². The molecule has 34 heavy (non-hydrogen) atoms. The largest absolute Gasteiger partial charge is 0.481 e. The molecule has 2 fully saturated rings. The van der Waals surface area contributed by atoms with Gasteiger partial charge in [-0.25, -0.2) is 0 Å². The van der Waals surface area contributed by atoms with Gasteiger partial charge in [-0.3, -0.25) is 9.69 Å². The molecule has 2 aromatic rings. The van der Waals surface area contributed by atoms with Crippen LogP contribution in [0.3, 0.4) is 0 Å². The summed E-state index contributed by atoms with van der Waals surface area (Å²) in [4.78, 5) is 14.3. The second-order valence-electron chi connectivity index (χ2n) is 9.12. The first-order chi connectivity index (χ1) is 16.6. The lowest BCUT2D eigenvalue weighted by Crippen LogP contribution is -2.50. The molecule has 0 spiro atoms. The van der Waals surface area contributed by atoms with Crippen molar-refractivity contribution in [2.75, 3.05) is 26.3 Å². The highest BCUT2D eigenvalue weighted by molar-refractivity contribution is 7.10. The molecule has 4 unspecified atom stereocenters. The average Bonchev–Trinajstić information content (AvgIpc) is 3.45. The van der Waals surface area contributed by atoms with E-state index >= 15 is 0 Å². The molecule has 2 N–H and O–H groups in total. The highest BCUT2D eigenvalue weighted by Crippen LogP contribution is 2.37. The number of nitrogens with zero attached hydrogens (tertiary/aromatic N) is 1. The Morgan fingerprint density at radius 3 is 2.74 bits per heavy atom. The van der Waals surface area contributed by atoms with Crippen LogP contribution in [0.15, 0.2) is 53.9 Å². The number of carbonyl (C=O) groups is 1. The number of unbranched alkanes of at least 4 members (excludes halogenated alkanes) is 1. The third-order valence-electron chi connectivity index (χ3n) is 6.79. The molecule has 0 radical (unpaired) electrons. The number of hydrogen-bond donors (Lipinski definition) is 2. The highest BCUT2D eigenvalue weighted by atomic mass is 32.1. The van der Waals surface area contributed by atoms with E-state index < -0.39 is 12.1 Å². The summed E-state index contributed by atoms with van der Waals surface area (Å²) >= 11 is 1.71. The average molecular weight is 486 g/mol. The first kappa shape index (κ1) is 25.1. The number of aliphatic hydroxyl groups excluding tert-OH is 1. The summed E-state index contributed by atoms with van der Waals surface area (Å²) in [6.07, 6.45) is 6.83. The maximum atomic E-state index is 11.0. The Hall–Kier alpha value is -2.03. The second-order valence-corrected chi connectivity index (χ2v) is 10.1. The first-order valence-electron chi connectivity index (χ1n) is 12.2. The zero-order valence-electron chi connectivity index (χ0n) is 19.6. The predicted molar refractivity (Wildman–Crippen MR) is 134 cm³/mol. The van der Waals surface area contributed by atoms with Gasteiger partial charge in [-0.1, -0.05) is 42.5 Å². The molecule has 1 aliphatic heterocycles. The molecule has 1 aromatic heterocycles. The number of hydrogen-bond acceptors (Lipinski definition) is 6. The number of rotatable bonds is 11. The summed E-state index contributed by atoms with van der Waals surface area (Å²) in [5.74, 6) is -0.561. The molecule has 2 heterocycles. The quantitative estimate of drug-likeness (QED) is 0.358. The van der Waals surface area contributed by atoms with Gasteiger partial charge in [-0.15, -0.1) is 11.3 Å². The summed E-state index contributed by atoms with van der Waals surface area (Å²) in [6, 6.07) is 12.6. The van der Waals surface area contributed by atoms with E-state index in [1.54, 1.807) is 11.3 Å². The number of aliphatic carboxylic acids is 1. The van der Waals surface area contributed by atoms with Gasteiger partial charge in [0.15, 0.2) is 0 Å². The maximum absolute atomic E-state index is 11.0. The Bertz CT molecular complexity index is 924. The fourth-order valence-corrected chi connectivity index (χ4v) is 5.91. The van der Waals surface area contributed by atoms with Crippen molar-refractivity contribution in [2.45, 2.75) is 57.0 Å². The minimum absolute atomic E-state index is 0.0196. The van der Waals surface area contributed by atoms with Crippen LogP contribution in [0.4, 0.5) is 0 Å². The highest BCUT2D eigenvalue weighted by Gasteiger charge is 2.45. The summed E-state index contributed by atoms with van der Waals surface area (Å²) in [5, 5.41) is 22.0. The molecule has 7 heteroatoms. The van der Waals surface area contributed by atoms with Crippen molar-refractivity contribution in [1.29, 1.82) is 0 Å². The van der Waals surface area contributed by atoms with E-state index in [9.17, 15) is 9.90 Å². The van der Waals surface area contributed by atoms with Gasteiger partial charge in [-0.2, -0.15) is 0 Å². The number of benzene rings is 1. The second kappa shape index (κ2) is 12.6. The molecule has 4 rings (SSSR count). The molecule has 1 saturated heterocycles. The molecule has 1 saturated carbocycles. The van der Waals surface area contributed by atoms with E-state index in [-0.39, 0.29) is 24.5 Å². The Labute approximate surface area is 205 Å². The molecule has 1 aromatic carbocycles. The lowest BCUT2D eigenvalue weighted by Gasteiger charge is -2.37. The zero-order chi connectivity index (χ0) is 23.8. The Balaban J connectivity index is 1.39. The van der Waals surface area contributed by atoms with Crippen molar-refractivity contribution in [2.24, 2.45) is 5.92 Å². The van der Waals surface area contributed by atoms with Crippen LogP contribution in [0, 0.1) is 5.92 Å². The Morgan fingerprint density at radius 1 is 1.18 bits per heavy atom. The van der Waals surface area contributed by atoms with Crippen LogP contribution in [-0.4, -0.2) is 65.6 Å². The molecular formula is C27H35NO5S. The summed E-state index contributed by atoms with van der Waals surface area (Å²) in [5.41, 5.74) is 2.42. The number of morpholine rings is 1. The topological polar surface area (TPSA) is 79.2 Å². The smallest absolute Gasteiger partial charge is 0.303 e. The standard InChI is InChI=1S/C27H35NO5S/c29-24-17-25(33-18-22-16-21(19-34-22)20-8-4-3-5-9-20)23(10-6-1-2-7-11-26(30)31)27(24)28-12-14-32-15-13-28/h1,3-6,8-9,16,19,23-25,27,29H,2,7,10-15,17-18H2,(H,30,31). The van der Waals surface area contributed by atoms with Crippen LogP contribution in [0.5, 0.6) is 0 Å². The summed E-state index contributed by atoms with van der Waals surface area (Å²) in [6.45, 7) is 3.61. The van der Waals surface area contributed by atoms with E-state index in [4.69, 9.17) is 14.6 Å². The Morgan fingerprint density at radius 2 is 1.97 bits per heavy atom. The van der Waals surface area contributed by atoms with Gasteiger partial charge in [0.05, 0.1) is 32.0 Å². The number of carboxylic acids is 1. The monoisotopic (exact) mass is 485 g/mol. The predicted octanol–water partition coefficient (Wildman–Crippen LogP) is 4.58. The lowest BCUT2D eigenvalue weighted by molar-refractivity contribution is -0.137.